The molecule has 23 atom stereocenters. The van der Waals surface area contributed by atoms with Crippen molar-refractivity contribution in [3.63, 3.8) is 0 Å². The van der Waals surface area contributed by atoms with Gasteiger partial charge >= 0.3 is 0 Å². The summed E-state index contributed by atoms with van der Waals surface area (Å²) < 4.78 is 35.1. The van der Waals surface area contributed by atoms with Gasteiger partial charge in [-0.2, -0.15) is 0 Å². The normalized spacial score (nSPS) is 50.0. The van der Waals surface area contributed by atoms with Crippen molar-refractivity contribution in [1.29, 1.82) is 0 Å². The van der Waals surface area contributed by atoms with Gasteiger partial charge in [-0.3, -0.25) is 9.59 Å². The van der Waals surface area contributed by atoms with Crippen LogP contribution in [0.25, 0.3) is 0 Å². The number of ether oxygens (including phenoxy) is 6. The number of ketones is 2. The second kappa shape index (κ2) is 19.3. The summed E-state index contributed by atoms with van der Waals surface area (Å²) >= 11 is 0. The Bertz CT molecular complexity index is 1600. The van der Waals surface area contributed by atoms with Crippen molar-refractivity contribution >= 4 is 11.6 Å². The molecule has 7 rings (SSSR count). The minimum Gasteiger partial charge on any atom is -0.394 e. The molecule has 0 aromatic heterocycles. The number of fused-ring (bicyclic) bond motifs is 5. The third-order valence-corrected chi connectivity index (χ3v) is 16.1. The molecule has 0 spiro atoms. The molecular weight excluding hydrogens is 816 g/mol. The molecule has 0 aromatic carbocycles. The van der Waals surface area contributed by atoms with E-state index in [4.69, 9.17) is 28.4 Å². The fourth-order valence-electron chi connectivity index (χ4n) is 12.0. The zero-order valence-electron chi connectivity index (χ0n) is 36.1. The average Bonchev–Trinajstić information content (AvgIpc) is 3.50. The lowest BCUT2D eigenvalue weighted by atomic mass is 9.47. The van der Waals surface area contributed by atoms with E-state index in [1.807, 2.05) is 6.92 Å². The molecule has 3 aliphatic heterocycles. The van der Waals surface area contributed by atoms with Crippen molar-refractivity contribution in [3.8, 4) is 0 Å². The fourth-order valence-corrected chi connectivity index (χ4v) is 12.0. The van der Waals surface area contributed by atoms with Gasteiger partial charge in [-0.05, 0) is 86.4 Å². The Labute approximate surface area is 362 Å². The van der Waals surface area contributed by atoms with Gasteiger partial charge in [-0.15, -0.1) is 0 Å². The van der Waals surface area contributed by atoms with Crippen molar-refractivity contribution in [2.75, 3.05) is 19.8 Å². The minimum absolute atomic E-state index is 0.0125. The molecule has 354 valence electrons. The van der Waals surface area contributed by atoms with Gasteiger partial charge in [0.1, 0.15) is 78.7 Å². The summed E-state index contributed by atoms with van der Waals surface area (Å²) in [7, 11) is 0. The Morgan fingerprint density at radius 1 is 0.774 bits per heavy atom. The maximum Gasteiger partial charge on any atom is 0.187 e. The lowest BCUT2D eigenvalue weighted by Gasteiger charge is -2.58. The molecule has 3 saturated carbocycles. The zero-order chi connectivity index (χ0) is 45.0. The SMILES string of the molecule is CC1O[C@@H](OC2[C@H](O[C@H]3CC[C@@]4(C)C(=CC[C@@H]5[C@@H]4CC[C@]4(C)C(CC(=O)CC[C@@H](C)CO[C@@H]6OC(CO)[C@@H](O)[C@H](O)C6O)C(=O)C[C@@H]54)C3)OC(CO)[C@@H](O)[C@@H]2O)C(O)[C@@H](O)[C@H]1O. The van der Waals surface area contributed by atoms with Crippen molar-refractivity contribution < 1.29 is 89.1 Å². The third-order valence-electron chi connectivity index (χ3n) is 16.1. The van der Waals surface area contributed by atoms with Gasteiger partial charge in [0.2, 0.25) is 0 Å². The first kappa shape index (κ1) is 48.4. The van der Waals surface area contributed by atoms with Crippen molar-refractivity contribution in [2.24, 2.45) is 40.4 Å². The molecule has 3 heterocycles. The van der Waals surface area contributed by atoms with E-state index in [9.17, 15) is 60.7 Å². The van der Waals surface area contributed by atoms with Gasteiger partial charge in [0.15, 0.2) is 18.9 Å². The molecule has 0 radical (unpaired) electrons. The van der Waals surface area contributed by atoms with Crippen LogP contribution in [0.5, 0.6) is 0 Å². The van der Waals surface area contributed by atoms with Crippen LogP contribution >= 0.6 is 0 Å². The van der Waals surface area contributed by atoms with Gasteiger partial charge in [0.05, 0.1) is 32.0 Å². The van der Waals surface area contributed by atoms with Crippen LogP contribution in [0.15, 0.2) is 11.6 Å². The van der Waals surface area contributed by atoms with E-state index in [2.05, 4.69) is 19.9 Å². The lowest BCUT2D eigenvalue weighted by Crippen LogP contribution is -2.64. The highest BCUT2D eigenvalue weighted by molar-refractivity contribution is 5.90. The third kappa shape index (κ3) is 9.12. The molecule has 0 amide bonds. The highest BCUT2D eigenvalue weighted by Gasteiger charge is 2.61. The highest BCUT2D eigenvalue weighted by Crippen LogP contribution is 2.66. The molecule has 7 unspecified atom stereocenters. The van der Waals surface area contributed by atoms with Crippen LogP contribution in [0.2, 0.25) is 0 Å². The van der Waals surface area contributed by atoms with Crippen molar-refractivity contribution in [2.45, 2.75) is 190 Å². The molecule has 18 heteroatoms. The van der Waals surface area contributed by atoms with Crippen LogP contribution in [-0.2, 0) is 38.0 Å². The number of allylic oxidation sites excluding steroid dienone is 1. The van der Waals surface area contributed by atoms with Gasteiger partial charge in [-0.25, -0.2) is 0 Å². The van der Waals surface area contributed by atoms with Gasteiger partial charge < -0.3 is 79.5 Å². The maximum absolute atomic E-state index is 13.8. The largest absolute Gasteiger partial charge is 0.394 e. The Morgan fingerprint density at radius 2 is 1.42 bits per heavy atom. The van der Waals surface area contributed by atoms with Crippen molar-refractivity contribution in [1.82, 2.24) is 0 Å². The van der Waals surface area contributed by atoms with E-state index in [-0.39, 0.29) is 71.6 Å². The number of aliphatic hydroxyl groups excluding tert-OH is 10. The summed E-state index contributed by atoms with van der Waals surface area (Å²) in [6, 6.07) is 0. The minimum atomic E-state index is -1.67. The van der Waals surface area contributed by atoms with E-state index in [0.29, 0.717) is 31.6 Å². The molecule has 0 aromatic rings. The van der Waals surface area contributed by atoms with E-state index >= 15 is 0 Å². The van der Waals surface area contributed by atoms with Crippen LogP contribution in [-0.4, -0.2) is 181 Å². The Hall–Kier alpha value is -1.56. The smallest absolute Gasteiger partial charge is 0.187 e. The number of hydrogen-bond donors (Lipinski definition) is 10. The summed E-state index contributed by atoms with van der Waals surface area (Å²) in [5.41, 5.74) is 0.773. The second-order valence-electron chi connectivity index (χ2n) is 19.9. The Kier molecular flexibility index (Phi) is 15.1. The average molecular weight is 887 g/mol. The first-order valence-corrected chi connectivity index (χ1v) is 22.6. The predicted octanol–water partition coefficient (Wildman–Crippen LogP) is -1.03. The fraction of sp³-hybridized carbons (Fsp3) is 0.909. The topological polar surface area (TPSA) is 292 Å². The van der Waals surface area contributed by atoms with Crippen LogP contribution in [0.3, 0.4) is 0 Å². The molecule has 0 bridgehead atoms. The highest BCUT2D eigenvalue weighted by atomic mass is 16.8. The zero-order valence-corrected chi connectivity index (χ0v) is 36.1. The predicted molar refractivity (Wildman–Crippen MR) is 213 cm³/mol. The van der Waals surface area contributed by atoms with Crippen molar-refractivity contribution in [3.05, 3.63) is 11.6 Å². The number of Topliss-reactive ketones (excluding diaryl/α,β-unsaturated/α-hetero) is 2. The Balaban J connectivity index is 0.947. The molecule has 10 N–H and O–H groups in total. The van der Waals surface area contributed by atoms with E-state index in [1.165, 1.54) is 12.5 Å². The number of hydrogen-bond acceptors (Lipinski definition) is 18. The summed E-state index contributed by atoms with van der Waals surface area (Å²) in [5.74, 6) is 0.407. The number of carbonyl (C=O) groups is 2. The van der Waals surface area contributed by atoms with Gasteiger partial charge in [-0.1, -0.05) is 32.4 Å². The summed E-state index contributed by atoms with van der Waals surface area (Å²) in [6.45, 7) is 6.82. The first-order valence-electron chi connectivity index (χ1n) is 22.6. The summed E-state index contributed by atoms with van der Waals surface area (Å²) in [5, 5.41) is 103. The molecule has 4 aliphatic carbocycles. The van der Waals surface area contributed by atoms with Gasteiger partial charge in [0, 0.05) is 25.2 Å². The van der Waals surface area contributed by atoms with Crippen LogP contribution < -0.4 is 0 Å². The maximum atomic E-state index is 13.8. The molecule has 3 saturated heterocycles. The second-order valence-corrected chi connectivity index (χ2v) is 19.9. The van der Waals surface area contributed by atoms with Crippen LogP contribution in [0.1, 0.15) is 91.9 Å². The number of aliphatic hydroxyl groups is 10. The molecular formula is C44H70O18. The van der Waals surface area contributed by atoms with Gasteiger partial charge in [0.25, 0.3) is 0 Å². The lowest BCUT2D eigenvalue weighted by molar-refractivity contribution is -0.369. The van der Waals surface area contributed by atoms with Crippen LogP contribution in [0.4, 0.5) is 0 Å². The van der Waals surface area contributed by atoms with Crippen LogP contribution in [0, 0.1) is 40.4 Å². The Morgan fingerprint density at radius 3 is 2.11 bits per heavy atom. The monoisotopic (exact) mass is 886 g/mol. The summed E-state index contributed by atoms with van der Waals surface area (Å²) in [4.78, 5) is 27.3. The molecule has 6 fully saturated rings. The quantitative estimate of drug-likeness (QED) is 0.0934. The molecule has 7 aliphatic rings. The van der Waals surface area contributed by atoms with E-state index in [0.717, 1.165) is 25.7 Å². The number of rotatable bonds is 14. The standard InChI is InChI=1S/C44H70O18/c1-19(18-57-40-37(55)35(53)32(50)29(16-45)60-40)5-7-22(47)14-27-28(48)15-26-24-8-6-21-13-23(9-11-43(21,3)25(24)10-12-44(26,27)4)59-42-39(36(54)33(51)30(17-46)61-42)62-41-38(56)34(52)31(49)20(2)58-41/h6,19-20,23-27,29-42,45-46,49-56H,5,7-18H2,1-4H3/t19-,20?,23+,24-,25+,26+,27?,29?,30?,31+,32-,33-,34+,35+,36+,37?,38?,39?,40-,41+,42-,43+,44+/m1/s1. The van der Waals surface area contributed by atoms with E-state index < -0.39 is 105 Å². The number of carbonyl (C=O) groups excluding carboxylic acids is 2. The summed E-state index contributed by atoms with van der Waals surface area (Å²) in [6.07, 6.45) is -13.1. The first-order chi connectivity index (χ1) is 29.3. The molecule has 18 nitrogen and oxygen atoms in total. The van der Waals surface area contributed by atoms with E-state index in [1.54, 1.807) is 0 Å². The molecule has 62 heavy (non-hydrogen) atoms.